The Balaban J connectivity index is 0.000000215. The number of nitriles is 2. The highest BCUT2D eigenvalue weighted by Gasteiger charge is 2.52. The Morgan fingerprint density at radius 1 is 0.579 bits per heavy atom. The van der Waals surface area contributed by atoms with Gasteiger partial charge in [0.25, 0.3) is 0 Å². The number of aromatic nitrogens is 12. The van der Waals surface area contributed by atoms with Gasteiger partial charge >= 0.3 is 6.09 Å². The maximum Gasteiger partial charge on any atom is 0.410 e. The van der Waals surface area contributed by atoms with Crippen LogP contribution in [0.5, 0.6) is 0 Å². The molecule has 5 saturated heterocycles. The van der Waals surface area contributed by atoms with Gasteiger partial charge in [-0.15, -0.1) is 0 Å². The Kier molecular flexibility index (Phi) is 36.0. The van der Waals surface area contributed by atoms with Crippen LogP contribution in [0.2, 0.25) is 51.4 Å². The molecule has 0 aliphatic carbocycles. The molecule has 0 saturated carbocycles. The first-order valence-corrected chi connectivity index (χ1v) is 55.0. The first kappa shape index (κ1) is 103. The SMILES string of the molecule is C.CC(C)S(=O)(=O)Cl.CC(C)S(=O)(=O)N1CC(CC#N)(n2cc(-c3ccnc4[nH]ccc34)cn2)C1.CC(C)S(=O)(=O)N1CC(CC#N)(n2cc(-c3ccnc4c3ccn4COCC[Si](C)(C)C)cn2)C1.C[Si](C)(C)CCOCn1ccc2c(-c3cn[nH]c3)ccnc21.[C-]#[N+]C=C1CN(C(=O)OC(C)(C)C)C1.[C-]#[N+]C=C1CN(S(=O)(=O)C(C)C)C1.[C-]#[N+]C=C1CNC1. The highest BCUT2D eigenvalue weighted by Crippen LogP contribution is 2.40. The minimum absolute atomic E-state index is 0. The Hall–Kier alpha value is -10.1. The monoisotopic (exact) mass is 1860 g/mol. The number of carbonyl (C=O) groups is 1. The van der Waals surface area contributed by atoms with Gasteiger partial charge in [-0.1, -0.05) is 46.7 Å². The number of nitrogens with zero attached hydrogens (tertiary/aromatic N) is 19. The van der Waals surface area contributed by atoms with Gasteiger partial charge in [-0.3, -0.25) is 14.5 Å². The van der Waals surface area contributed by atoms with E-state index >= 15 is 0 Å². The molecule has 14 rings (SSSR count). The summed E-state index contributed by atoms with van der Waals surface area (Å²) >= 11 is 0. The van der Waals surface area contributed by atoms with Gasteiger partial charge in [0, 0.05) is 194 Å². The fourth-order valence-electron chi connectivity index (χ4n) is 12.8. The number of aromatic amines is 2. The van der Waals surface area contributed by atoms with Crippen molar-refractivity contribution >= 4 is 105 Å². The van der Waals surface area contributed by atoms with Crippen molar-refractivity contribution in [1.82, 2.24) is 82.0 Å². The van der Waals surface area contributed by atoms with Crippen LogP contribution in [-0.2, 0) is 77.9 Å². The number of fused-ring (bicyclic) bond motifs is 3. The van der Waals surface area contributed by atoms with Crippen molar-refractivity contribution in [2.45, 2.75) is 199 Å². The molecule has 5 aliphatic heterocycles. The third kappa shape index (κ3) is 27.2. The summed E-state index contributed by atoms with van der Waals surface area (Å²) in [4.78, 5) is 38.7. The number of ether oxygens (including phenoxy) is 3. The quantitative estimate of drug-likeness (QED) is 0.0219. The molecule has 0 unspecified atom stereocenters. The molecule has 14 heterocycles. The molecule has 0 atom stereocenters. The fraction of sp³-hybridized carbons (Fsp3) is 0.506. The van der Waals surface area contributed by atoms with E-state index in [2.05, 4.69) is 122 Å². The van der Waals surface area contributed by atoms with Crippen molar-refractivity contribution in [2.24, 2.45) is 0 Å². The lowest BCUT2D eigenvalue weighted by Gasteiger charge is -2.48. The van der Waals surface area contributed by atoms with Crippen molar-refractivity contribution in [1.29, 1.82) is 10.5 Å². The van der Waals surface area contributed by atoms with E-state index in [1.165, 1.54) is 50.8 Å². The topological polar surface area (TPSA) is 396 Å². The molecule has 5 aliphatic rings. The van der Waals surface area contributed by atoms with Gasteiger partial charge in [0.1, 0.15) is 47.1 Å². The van der Waals surface area contributed by atoms with Gasteiger partial charge in [0.15, 0.2) is 18.6 Å². The minimum Gasteiger partial charge on any atom is -0.444 e. The Bertz CT molecular complexity index is 5990. The summed E-state index contributed by atoms with van der Waals surface area (Å²) in [5.74, 6) is 0. The lowest BCUT2D eigenvalue weighted by molar-refractivity contribution is 0.0214. The van der Waals surface area contributed by atoms with E-state index in [1.807, 2.05) is 105 Å². The number of nitrogens with one attached hydrogen (secondary N) is 3. The van der Waals surface area contributed by atoms with Crippen molar-refractivity contribution in [3.05, 3.63) is 180 Å². The van der Waals surface area contributed by atoms with Crippen LogP contribution in [0, 0.1) is 42.4 Å². The van der Waals surface area contributed by atoms with Gasteiger partial charge in [0.2, 0.25) is 39.1 Å². The summed E-state index contributed by atoms with van der Waals surface area (Å²) in [6, 6.07) is 18.7. The largest absolute Gasteiger partial charge is 0.444 e. The lowest BCUT2D eigenvalue weighted by atomic mass is 9.89. The van der Waals surface area contributed by atoms with Crippen LogP contribution in [0.25, 0.3) is 81.0 Å². The number of pyridine rings is 3. The molecule has 1 amide bonds. The first-order valence-electron chi connectivity index (χ1n) is 40.7. The predicted molar refractivity (Wildman–Crippen MR) is 498 cm³/mol. The van der Waals surface area contributed by atoms with Gasteiger partial charge in [-0.2, -0.15) is 38.7 Å². The molecule has 0 bridgehead atoms. The van der Waals surface area contributed by atoms with Crippen LogP contribution in [0.15, 0.2) is 146 Å². The molecule has 9 aromatic heterocycles. The van der Waals surface area contributed by atoms with E-state index in [1.54, 1.807) is 86.8 Å². The third-order valence-corrected chi connectivity index (χ3v) is 32.7. The molecule has 0 spiro atoms. The van der Waals surface area contributed by atoms with Crippen LogP contribution < -0.4 is 5.32 Å². The zero-order chi connectivity index (χ0) is 92.3. The number of amides is 1. The van der Waals surface area contributed by atoms with Gasteiger partial charge < -0.3 is 38.5 Å². The number of H-pyrrole nitrogens is 2. The average molecular weight is 1860 g/mol. The lowest BCUT2D eigenvalue weighted by Crippen LogP contribution is -2.65. The molecule has 0 radical (unpaired) electrons. The van der Waals surface area contributed by atoms with E-state index in [-0.39, 0.29) is 57.8 Å². The smallest absolute Gasteiger partial charge is 0.410 e. The number of rotatable bonds is 24. The second kappa shape index (κ2) is 44.1. The molecular formula is C85H119ClN22O12S4Si2. The van der Waals surface area contributed by atoms with E-state index in [4.69, 9.17) is 44.6 Å². The summed E-state index contributed by atoms with van der Waals surface area (Å²) in [6.45, 7) is 59.4. The van der Waals surface area contributed by atoms with E-state index in [0.717, 1.165) is 110 Å². The second-order valence-electron chi connectivity index (χ2n) is 35.3. The minimum atomic E-state index is -3.36. The number of halogens is 1. The van der Waals surface area contributed by atoms with Crippen LogP contribution in [-0.4, -0.2) is 238 Å². The van der Waals surface area contributed by atoms with Crippen molar-refractivity contribution < 1.29 is 52.7 Å². The second-order valence-corrected chi connectivity index (χ2v) is 57.2. The number of sulfonamides is 3. The van der Waals surface area contributed by atoms with Crippen LogP contribution in [0.1, 0.15) is 96.4 Å². The number of hydrogen-bond donors (Lipinski definition) is 3. The Morgan fingerprint density at radius 2 is 0.984 bits per heavy atom. The standard InChI is InChI=1S/C24H34N6O3SSi.C18H20N6O2S.C16H22N4OSi.C10H14N2O2.C8H12N2O2S.C5H6N2.C3H7ClO2S.CH4/c1-19(2)34(31,32)29-16-24(17-29,8-9-25)30-15-20(14-27-30)21-6-10-26-23-22(21)7-11-28(23)18-33-12-13-35(3,4)5;1-13(2)27(25,26)23-11-18(12-23,5-6-19)24-10-14(9-22-24)15-3-7-20-17-16(15)4-8-21-17;1-22(2,3)9-8-21-12-20-7-5-15-14(4-6-17-16(15)20)13-10-18-19-11-13;1-10(2,3)14-9(13)12-6-8(7-12)5-11-4;1-7(2)13(11,12)10-5-8(6-10)4-9-3;1-6-2-5-3-7-4-5;1-3(2)7(4,5)6;/h6-7,10-11,14-15,19H,8,12-13,16-18H2,1-5H3;3-4,7-10,13H,5,11-12H2,1-2H3,(H,20,21);4-7,10-11H,8-9,12H2,1-3H3,(H,18,19);5H,6-7H2,1-3H3;4,7H,5-6H2,1-2H3;2,7H,3-4H2;3H,1-2H3;1H4. The Labute approximate surface area is 748 Å². The molecule has 5 fully saturated rings. The molecule has 126 heavy (non-hydrogen) atoms. The van der Waals surface area contributed by atoms with Crippen LogP contribution >= 0.6 is 10.7 Å². The van der Waals surface area contributed by atoms with Crippen molar-refractivity contribution in [3.8, 4) is 45.5 Å². The van der Waals surface area contributed by atoms with E-state index < -0.39 is 87.7 Å². The molecule has 41 heteroatoms. The average Bonchev–Trinajstić information content (AvgIpc) is 1.35. The third-order valence-electron chi connectivity index (χ3n) is 20.6. The maximum atomic E-state index is 12.6. The van der Waals surface area contributed by atoms with Crippen molar-refractivity contribution in [2.75, 3.05) is 78.7 Å². The number of carbonyl (C=O) groups excluding carboxylic acids is 1. The maximum absolute atomic E-state index is 12.6. The molecule has 0 aromatic carbocycles. The highest BCUT2D eigenvalue weighted by molar-refractivity contribution is 8.14. The molecule has 9 aromatic rings. The molecule has 34 nitrogen and oxygen atoms in total. The number of likely N-dealkylation sites (tertiary alicyclic amines) is 1. The van der Waals surface area contributed by atoms with Crippen LogP contribution in [0.3, 0.4) is 0 Å². The van der Waals surface area contributed by atoms with E-state index in [9.17, 15) is 49.0 Å². The van der Waals surface area contributed by atoms with Gasteiger partial charge in [0.05, 0.1) is 84.3 Å². The first-order chi connectivity index (χ1) is 58.7. The summed E-state index contributed by atoms with van der Waals surface area (Å²) < 4.78 is 122. The summed E-state index contributed by atoms with van der Waals surface area (Å²) in [7, 11) is -10.4. The van der Waals surface area contributed by atoms with E-state index in [0.29, 0.717) is 39.6 Å². The normalized spacial score (nSPS) is 15.6. The number of hydrogen-bond acceptors (Lipinski definition) is 21. The molecule has 680 valence electrons. The fourth-order valence-corrected chi connectivity index (χ4v) is 18.4. The Morgan fingerprint density at radius 3 is 1.35 bits per heavy atom. The molecule has 3 N–H and O–H groups in total. The summed E-state index contributed by atoms with van der Waals surface area (Å²) in [5.41, 5.74) is 9.94. The predicted octanol–water partition coefficient (Wildman–Crippen LogP) is 14.6. The molecular weight excluding hydrogens is 1740 g/mol. The van der Waals surface area contributed by atoms with Gasteiger partial charge in [-0.05, 0) is 158 Å². The van der Waals surface area contributed by atoms with Crippen LogP contribution in [0.4, 0.5) is 4.79 Å². The van der Waals surface area contributed by atoms with Crippen molar-refractivity contribution in [3.63, 3.8) is 0 Å². The highest BCUT2D eigenvalue weighted by atomic mass is 35.7. The zero-order valence-electron chi connectivity index (χ0n) is 74.1. The zero-order valence-corrected chi connectivity index (χ0v) is 80.1. The van der Waals surface area contributed by atoms with Gasteiger partial charge in [-0.25, -0.2) is 68.0 Å². The summed E-state index contributed by atoms with van der Waals surface area (Å²) in [6.07, 6.45) is 26.8. The summed E-state index contributed by atoms with van der Waals surface area (Å²) in [5, 5.41) is 39.0.